The number of rotatable bonds is 5. The van der Waals surface area contributed by atoms with E-state index in [1.807, 2.05) is 4.90 Å². The number of hydrogen-bond acceptors (Lipinski definition) is 4. The smallest absolute Gasteiger partial charge is 0.353 e. The maximum absolute atomic E-state index is 13.0. The highest BCUT2D eigenvalue weighted by Crippen LogP contribution is 2.47. The SMILES string of the molecule is CC(C)[C@H]1CO[C@]23CCN(S(=O)(=O)CCc4ccc(C(F)(F)F)cc4)C[C@H]2CCC(=O)N13. The number of alkyl halides is 3. The van der Waals surface area contributed by atoms with E-state index >= 15 is 0 Å². The zero-order valence-electron chi connectivity index (χ0n) is 18.3. The predicted molar refractivity (Wildman–Crippen MR) is 112 cm³/mol. The number of piperidine rings is 2. The van der Waals surface area contributed by atoms with Crippen LogP contribution in [0.3, 0.4) is 0 Å². The van der Waals surface area contributed by atoms with Gasteiger partial charge in [0.2, 0.25) is 15.9 Å². The van der Waals surface area contributed by atoms with Crippen LogP contribution in [-0.4, -0.2) is 60.7 Å². The van der Waals surface area contributed by atoms with Gasteiger partial charge in [-0.1, -0.05) is 26.0 Å². The van der Waals surface area contributed by atoms with E-state index in [2.05, 4.69) is 13.8 Å². The second-order valence-corrected chi connectivity index (χ2v) is 11.4. The van der Waals surface area contributed by atoms with E-state index in [-0.39, 0.29) is 42.5 Å². The molecule has 0 unspecified atom stereocenters. The third-order valence-corrected chi connectivity index (χ3v) is 8.93. The first-order valence-electron chi connectivity index (χ1n) is 11.0. The molecule has 1 spiro atoms. The second-order valence-electron chi connectivity index (χ2n) is 9.34. The first kappa shape index (κ1) is 23.5. The van der Waals surface area contributed by atoms with Crippen molar-refractivity contribution in [3.8, 4) is 0 Å². The van der Waals surface area contributed by atoms with Crippen LogP contribution in [0.25, 0.3) is 0 Å². The van der Waals surface area contributed by atoms with Crippen LogP contribution in [0.1, 0.15) is 44.2 Å². The van der Waals surface area contributed by atoms with Gasteiger partial charge >= 0.3 is 6.18 Å². The Morgan fingerprint density at radius 2 is 1.91 bits per heavy atom. The van der Waals surface area contributed by atoms with Crippen molar-refractivity contribution in [3.63, 3.8) is 0 Å². The van der Waals surface area contributed by atoms with E-state index in [9.17, 15) is 26.4 Å². The van der Waals surface area contributed by atoms with Gasteiger partial charge in [0.1, 0.15) is 5.72 Å². The average molecular weight is 475 g/mol. The maximum Gasteiger partial charge on any atom is 0.416 e. The molecule has 3 saturated heterocycles. The zero-order valence-corrected chi connectivity index (χ0v) is 19.1. The molecule has 10 heteroatoms. The van der Waals surface area contributed by atoms with Crippen molar-refractivity contribution < 1.29 is 31.1 Å². The normalized spacial score (nSPS) is 29.3. The molecule has 1 aromatic rings. The summed E-state index contributed by atoms with van der Waals surface area (Å²) in [6.07, 6.45) is -2.86. The van der Waals surface area contributed by atoms with Gasteiger partial charge in [0, 0.05) is 31.8 Å². The van der Waals surface area contributed by atoms with Crippen LogP contribution in [0.4, 0.5) is 13.2 Å². The first-order valence-corrected chi connectivity index (χ1v) is 12.6. The van der Waals surface area contributed by atoms with E-state index < -0.39 is 27.5 Å². The molecule has 3 atom stereocenters. The average Bonchev–Trinajstić information content (AvgIpc) is 3.12. The highest BCUT2D eigenvalue weighted by molar-refractivity contribution is 7.89. The van der Waals surface area contributed by atoms with Gasteiger partial charge in [0.15, 0.2) is 0 Å². The summed E-state index contributed by atoms with van der Waals surface area (Å²) < 4.78 is 71.9. The van der Waals surface area contributed by atoms with Gasteiger partial charge in [-0.2, -0.15) is 13.2 Å². The summed E-state index contributed by atoms with van der Waals surface area (Å²) in [7, 11) is -3.59. The van der Waals surface area contributed by atoms with Crippen LogP contribution in [-0.2, 0) is 32.2 Å². The fourth-order valence-electron chi connectivity index (χ4n) is 5.24. The number of carbonyl (C=O) groups excluding carboxylic acids is 1. The van der Waals surface area contributed by atoms with Crippen LogP contribution < -0.4 is 0 Å². The minimum Gasteiger partial charge on any atom is -0.353 e. The molecule has 3 aliphatic heterocycles. The first-order chi connectivity index (χ1) is 14.9. The topological polar surface area (TPSA) is 66.9 Å². The monoisotopic (exact) mass is 474 g/mol. The summed E-state index contributed by atoms with van der Waals surface area (Å²) in [5.74, 6) is 0.0770. The summed E-state index contributed by atoms with van der Waals surface area (Å²) in [5.41, 5.74) is -0.925. The van der Waals surface area contributed by atoms with Crippen molar-refractivity contribution in [1.82, 2.24) is 9.21 Å². The Balaban J connectivity index is 1.43. The second kappa shape index (κ2) is 8.29. The van der Waals surface area contributed by atoms with Gasteiger partial charge in [0.05, 0.1) is 24.0 Å². The molecule has 0 aromatic heterocycles. The minimum atomic E-state index is -4.42. The summed E-state index contributed by atoms with van der Waals surface area (Å²) in [6, 6.07) is 4.61. The van der Waals surface area contributed by atoms with E-state index in [1.165, 1.54) is 16.4 Å². The van der Waals surface area contributed by atoms with E-state index in [0.717, 1.165) is 12.1 Å². The molecule has 4 rings (SSSR count). The summed E-state index contributed by atoms with van der Waals surface area (Å²) in [6.45, 7) is 5.15. The van der Waals surface area contributed by atoms with Crippen molar-refractivity contribution in [2.24, 2.45) is 11.8 Å². The predicted octanol–water partition coefficient (Wildman–Crippen LogP) is 3.27. The fraction of sp³-hybridized carbons (Fsp3) is 0.682. The molecular formula is C22H29F3N2O4S. The number of amides is 1. The molecule has 1 aromatic carbocycles. The number of nitrogens with zero attached hydrogens (tertiary/aromatic N) is 2. The number of halogens is 3. The Morgan fingerprint density at radius 1 is 1.22 bits per heavy atom. The molecule has 178 valence electrons. The Hall–Kier alpha value is -1.65. The van der Waals surface area contributed by atoms with Crippen molar-refractivity contribution in [2.75, 3.05) is 25.4 Å². The molecule has 6 nitrogen and oxygen atoms in total. The Morgan fingerprint density at radius 3 is 2.53 bits per heavy atom. The molecule has 1 amide bonds. The number of carbonyl (C=O) groups is 1. The van der Waals surface area contributed by atoms with Crippen LogP contribution in [0.2, 0.25) is 0 Å². The zero-order chi connectivity index (χ0) is 23.3. The molecule has 0 N–H and O–H groups in total. The highest BCUT2D eigenvalue weighted by atomic mass is 32.2. The van der Waals surface area contributed by atoms with Gasteiger partial charge in [0.25, 0.3) is 0 Å². The molecular weight excluding hydrogens is 445 g/mol. The molecule has 0 saturated carbocycles. The van der Waals surface area contributed by atoms with Crippen LogP contribution in [0, 0.1) is 11.8 Å². The van der Waals surface area contributed by atoms with Crippen LogP contribution in [0.15, 0.2) is 24.3 Å². The van der Waals surface area contributed by atoms with Gasteiger partial charge in [-0.25, -0.2) is 12.7 Å². The van der Waals surface area contributed by atoms with Gasteiger partial charge in [-0.15, -0.1) is 0 Å². The molecule has 0 bridgehead atoms. The Labute approximate surface area is 186 Å². The molecule has 3 aliphatic rings. The third-order valence-electron chi connectivity index (χ3n) is 7.09. The van der Waals surface area contributed by atoms with Crippen LogP contribution >= 0.6 is 0 Å². The lowest BCUT2D eigenvalue weighted by Crippen LogP contribution is -2.65. The lowest BCUT2D eigenvalue weighted by Gasteiger charge is -2.52. The number of sulfonamides is 1. The van der Waals surface area contributed by atoms with E-state index in [1.54, 1.807) is 0 Å². The lowest BCUT2D eigenvalue weighted by atomic mass is 9.80. The van der Waals surface area contributed by atoms with Crippen LogP contribution in [0.5, 0.6) is 0 Å². The van der Waals surface area contributed by atoms with E-state index in [4.69, 9.17) is 4.74 Å². The highest BCUT2D eigenvalue weighted by Gasteiger charge is 2.59. The molecule has 0 aliphatic carbocycles. The standard InChI is InChI=1S/C22H29F3N2O4S/c1-15(2)19-14-31-21-10-11-26(13-18(21)7-8-20(28)27(19)21)32(29,30)12-9-16-3-5-17(6-4-16)22(23,24)25/h3-6,15,18-19H,7-14H2,1-2H3/t18-,19-,21-/m1/s1. The number of aryl methyl sites for hydroxylation is 1. The van der Waals surface area contributed by atoms with Crippen molar-refractivity contribution in [3.05, 3.63) is 35.4 Å². The quantitative estimate of drug-likeness (QED) is 0.657. The van der Waals surface area contributed by atoms with Gasteiger partial charge in [-0.05, 0) is 36.5 Å². The van der Waals surface area contributed by atoms with Crippen molar-refractivity contribution >= 4 is 15.9 Å². The summed E-state index contributed by atoms with van der Waals surface area (Å²) >= 11 is 0. The summed E-state index contributed by atoms with van der Waals surface area (Å²) in [4.78, 5) is 14.6. The molecule has 3 fully saturated rings. The number of benzene rings is 1. The fourth-order valence-corrected chi connectivity index (χ4v) is 6.77. The lowest BCUT2D eigenvalue weighted by molar-refractivity contribution is -0.187. The molecule has 3 heterocycles. The largest absolute Gasteiger partial charge is 0.416 e. The Bertz CT molecular complexity index is 964. The van der Waals surface area contributed by atoms with Gasteiger partial charge < -0.3 is 9.64 Å². The molecule has 32 heavy (non-hydrogen) atoms. The van der Waals surface area contributed by atoms with E-state index in [0.29, 0.717) is 38.0 Å². The maximum atomic E-state index is 13.0. The minimum absolute atomic E-state index is 0.00753. The Kier molecular flexibility index (Phi) is 6.09. The number of ether oxygens (including phenoxy) is 1. The van der Waals surface area contributed by atoms with Gasteiger partial charge in [-0.3, -0.25) is 4.79 Å². The third kappa shape index (κ3) is 4.17. The van der Waals surface area contributed by atoms with Crippen molar-refractivity contribution in [1.29, 1.82) is 0 Å². The van der Waals surface area contributed by atoms with Crippen molar-refractivity contribution in [2.45, 2.75) is 57.5 Å². The number of hydrogen-bond donors (Lipinski definition) is 0. The summed E-state index contributed by atoms with van der Waals surface area (Å²) in [5, 5.41) is 0. The molecule has 0 radical (unpaired) electrons.